The minimum Gasteiger partial charge on any atom is -0.495 e. The van der Waals surface area contributed by atoms with Gasteiger partial charge in [-0.05, 0) is 49.6 Å². The Hall–Kier alpha value is -3.86. The maximum Gasteiger partial charge on any atom is 0.322 e. The van der Waals surface area contributed by atoms with Gasteiger partial charge in [0.2, 0.25) is 11.8 Å². The molecule has 10 nitrogen and oxygen atoms in total. The Kier molecular flexibility index (Phi) is 5.93. The van der Waals surface area contributed by atoms with E-state index in [0.29, 0.717) is 40.2 Å². The third-order valence-electron chi connectivity index (χ3n) is 5.66. The van der Waals surface area contributed by atoms with Crippen LogP contribution in [0.4, 0.5) is 16.2 Å². The molecule has 0 bridgehead atoms. The zero-order valence-electron chi connectivity index (χ0n) is 18.7. The van der Waals surface area contributed by atoms with Gasteiger partial charge in [-0.25, -0.2) is 4.79 Å². The van der Waals surface area contributed by atoms with Crippen LogP contribution in [0.3, 0.4) is 0 Å². The number of hydrogen-bond donors (Lipinski definition) is 2. The highest BCUT2D eigenvalue weighted by Crippen LogP contribution is 2.36. The Morgan fingerprint density at radius 2 is 1.97 bits per heavy atom. The third kappa shape index (κ3) is 4.34. The van der Waals surface area contributed by atoms with Crippen molar-refractivity contribution in [3.05, 3.63) is 52.0 Å². The van der Waals surface area contributed by atoms with E-state index in [4.69, 9.17) is 14.2 Å². The van der Waals surface area contributed by atoms with Gasteiger partial charge >= 0.3 is 6.03 Å². The molecule has 1 fully saturated rings. The summed E-state index contributed by atoms with van der Waals surface area (Å²) in [5.41, 5.74) is 2.19. The van der Waals surface area contributed by atoms with Gasteiger partial charge in [0.25, 0.3) is 5.91 Å². The van der Waals surface area contributed by atoms with E-state index >= 15 is 0 Å². The smallest absolute Gasteiger partial charge is 0.322 e. The van der Waals surface area contributed by atoms with Gasteiger partial charge in [-0.2, -0.15) is 0 Å². The van der Waals surface area contributed by atoms with E-state index < -0.39 is 0 Å². The third-order valence-corrected chi connectivity index (χ3v) is 6.68. The molecule has 0 saturated carbocycles. The lowest BCUT2D eigenvalue weighted by molar-refractivity contribution is 0.102. The van der Waals surface area contributed by atoms with Crippen molar-refractivity contribution in [3.8, 4) is 17.2 Å². The first-order valence-electron chi connectivity index (χ1n) is 10.8. The first kappa shape index (κ1) is 22.0. The van der Waals surface area contributed by atoms with Crippen molar-refractivity contribution in [1.82, 2.24) is 15.1 Å². The summed E-state index contributed by atoms with van der Waals surface area (Å²) in [5.74, 6) is 1.43. The summed E-state index contributed by atoms with van der Waals surface area (Å²) < 4.78 is 16.0. The van der Waals surface area contributed by atoms with Crippen molar-refractivity contribution < 1.29 is 23.8 Å². The molecule has 2 aromatic carbocycles. The summed E-state index contributed by atoms with van der Waals surface area (Å²) in [7, 11) is 1.57. The van der Waals surface area contributed by atoms with Crippen LogP contribution >= 0.6 is 11.3 Å². The number of nitrogens with one attached hydrogen (secondary N) is 2. The van der Waals surface area contributed by atoms with Crippen LogP contribution in [0.2, 0.25) is 0 Å². The van der Waals surface area contributed by atoms with Crippen LogP contribution in [-0.2, 0) is 0 Å². The average molecular weight is 482 g/mol. The van der Waals surface area contributed by atoms with E-state index in [1.165, 1.54) is 11.3 Å². The molecule has 0 aliphatic carbocycles. The van der Waals surface area contributed by atoms with Crippen LogP contribution in [0.5, 0.6) is 17.2 Å². The lowest BCUT2D eigenvalue weighted by Gasteiger charge is -2.23. The molecule has 2 aliphatic heterocycles. The molecule has 0 radical (unpaired) electrons. The number of hydrogen-bond acceptors (Lipinski definition) is 8. The molecule has 11 heteroatoms. The van der Waals surface area contributed by atoms with Crippen LogP contribution in [0, 0.1) is 6.92 Å². The second-order valence-electron chi connectivity index (χ2n) is 7.95. The average Bonchev–Trinajstić information content (AvgIpc) is 3.59. The zero-order valence-corrected chi connectivity index (χ0v) is 19.5. The fourth-order valence-corrected chi connectivity index (χ4v) is 4.88. The Balaban J connectivity index is 1.28. The van der Waals surface area contributed by atoms with E-state index in [0.717, 1.165) is 18.4 Å². The Morgan fingerprint density at radius 1 is 1.12 bits per heavy atom. The van der Waals surface area contributed by atoms with Gasteiger partial charge in [0, 0.05) is 18.3 Å². The summed E-state index contributed by atoms with van der Waals surface area (Å²) >= 11 is 1.18. The first-order chi connectivity index (χ1) is 16.5. The fourth-order valence-electron chi connectivity index (χ4n) is 3.99. The number of methoxy groups -OCH3 is 1. The normalized spacial score (nSPS) is 16.4. The number of aromatic nitrogens is 2. The second kappa shape index (κ2) is 9.18. The number of urea groups is 1. The summed E-state index contributed by atoms with van der Waals surface area (Å²) in [6, 6.07) is 10.3. The van der Waals surface area contributed by atoms with Gasteiger partial charge in [-0.15, -0.1) is 10.2 Å². The fraction of sp³-hybridized carbons (Fsp3) is 0.304. The van der Waals surface area contributed by atoms with Crippen LogP contribution in [0.1, 0.15) is 39.3 Å². The molecule has 3 aromatic rings. The molecule has 34 heavy (non-hydrogen) atoms. The van der Waals surface area contributed by atoms with Gasteiger partial charge in [-0.3, -0.25) is 4.79 Å². The maximum absolute atomic E-state index is 13.1. The monoisotopic (exact) mass is 481 g/mol. The highest BCUT2D eigenvalue weighted by molar-refractivity contribution is 7.13. The Bertz CT molecular complexity index is 1250. The van der Waals surface area contributed by atoms with E-state index in [1.54, 1.807) is 30.2 Å². The molecular weight excluding hydrogens is 458 g/mol. The van der Waals surface area contributed by atoms with E-state index in [1.807, 2.05) is 25.1 Å². The number of rotatable bonds is 5. The lowest BCUT2D eigenvalue weighted by atomic mass is 10.2. The van der Waals surface area contributed by atoms with Gasteiger partial charge in [0.15, 0.2) is 11.5 Å². The molecule has 176 valence electrons. The summed E-state index contributed by atoms with van der Waals surface area (Å²) in [6.07, 6.45) is 1.58. The number of amides is 3. The second-order valence-corrected chi connectivity index (χ2v) is 8.96. The molecule has 1 aromatic heterocycles. The number of nitrogens with zero attached hydrogens (tertiary/aromatic N) is 3. The largest absolute Gasteiger partial charge is 0.495 e. The number of aryl methyl sites for hydroxylation is 1. The summed E-state index contributed by atoms with van der Waals surface area (Å²) in [4.78, 5) is 27.5. The highest BCUT2D eigenvalue weighted by atomic mass is 32.1. The van der Waals surface area contributed by atoms with Gasteiger partial charge in [0.05, 0.1) is 18.8 Å². The molecular formula is C23H23N5O5S. The number of likely N-dealkylation sites (tertiary alicyclic amines) is 1. The quantitative estimate of drug-likeness (QED) is 0.561. The van der Waals surface area contributed by atoms with Crippen LogP contribution < -0.4 is 24.8 Å². The van der Waals surface area contributed by atoms with Gasteiger partial charge in [-0.1, -0.05) is 17.4 Å². The number of fused-ring (bicyclic) bond motifs is 1. The molecule has 2 aliphatic rings. The lowest BCUT2D eigenvalue weighted by Crippen LogP contribution is -2.34. The molecule has 0 spiro atoms. The van der Waals surface area contributed by atoms with Crippen molar-refractivity contribution in [1.29, 1.82) is 0 Å². The molecule has 0 unspecified atom stereocenters. The van der Waals surface area contributed by atoms with Crippen LogP contribution in [0.25, 0.3) is 0 Å². The zero-order chi connectivity index (χ0) is 23.7. The number of carbonyl (C=O) groups excluding carboxylic acids is 2. The van der Waals surface area contributed by atoms with Crippen LogP contribution in [0.15, 0.2) is 36.4 Å². The topological polar surface area (TPSA) is 115 Å². The summed E-state index contributed by atoms with van der Waals surface area (Å²) in [5, 5.41) is 14.9. The van der Waals surface area contributed by atoms with Crippen molar-refractivity contribution in [2.45, 2.75) is 25.8 Å². The van der Waals surface area contributed by atoms with E-state index in [2.05, 4.69) is 20.8 Å². The number of ether oxygens (including phenoxy) is 3. The Labute approximate surface area is 199 Å². The molecule has 5 rings (SSSR count). The number of anilines is 2. The number of benzene rings is 2. The molecule has 3 heterocycles. The SMILES string of the molecule is COc1ccc(C)cc1NC(=O)N1CCC[C@H]1c1nnc(C(=O)Nc2ccc3c(c2)OCO3)s1. The van der Waals surface area contributed by atoms with Crippen molar-refractivity contribution in [3.63, 3.8) is 0 Å². The molecule has 1 atom stereocenters. The molecule has 3 amide bonds. The first-order valence-corrected chi connectivity index (χ1v) is 11.6. The maximum atomic E-state index is 13.1. The standard InChI is InChI=1S/C23H23N5O5S/c1-13-5-7-17(31-2)15(10-13)25-23(30)28-9-3-4-16(28)21-26-27-22(34-21)20(29)24-14-6-8-18-19(11-14)33-12-32-18/h5-8,10-11,16H,3-4,9,12H2,1-2H3,(H,24,29)(H,25,30)/t16-/m0/s1. The van der Waals surface area contributed by atoms with Gasteiger partial charge < -0.3 is 29.7 Å². The summed E-state index contributed by atoms with van der Waals surface area (Å²) in [6.45, 7) is 2.70. The van der Waals surface area contributed by atoms with E-state index in [-0.39, 0.29) is 29.8 Å². The molecule has 1 saturated heterocycles. The van der Waals surface area contributed by atoms with Gasteiger partial charge in [0.1, 0.15) is 10.8 Å². The Morgan fingerprint density at radius 3 is 2.82 bits per heavy atom. The highest BCUT2D eigenvalue weighted by Gasteiger charge is 2.33. The predicted molar refractivity (Wildman–Crippen MR) is 126 cm³/mol. The molecule has 2 N–H and O–H groups in total. The predicted octanol–water partition coefficient (Wildman–Crippen LogP) is 4.21. The van der Waals surface area contributed by atoms with Crippen molar-refractivity contribution in [2.75, 3.05) is 31.1 Å². The van der Waals surface area contributed by atoms with Crippen molar-refractivity contribution in [2.24, 2.45) is 0 Å². The minimum absolute atomic E-state index is 0.161. The minimum atomic E-state index is -0.374. The van der Waals surface area contributed by atoms with E-state index in [9.17, 15) is 9.59 Å². The number of carbonyl (C=O) groups is 2. The van der Waals surface area contributed by atoms with Crippen LogP contribution in [-0.4, -0.2) is 47.5 Å². The van der Waals surface area contributed by atoms with Crippen molar-refractivity contribution >= 4 is 34.6 Å².